The molecule has 0 saturated heterocycles. The lowest BCUT2D eigenvalue weighted by atomic mass is 9.99. The van der Waals surface area contributed by atoms with Crippen molar-refractivity contribution in [3.8, 4) is 45.0 Å². The van der Waals surface area contributed by atoms with Gasteiger partial charge in [-0.2, -0.15) is 0 Å². The highest BCUT2D eigenvalue weighted by Gasteiger charge is 2.20. The average molecular weight is 689 g/mol. The Morgan fingerprint density at radius 1 is 0.278 bits per heavy atom. The van der Waals surface area contributed by atoms with E-state index in [1.807, 2.05) is 30.3 Å². The van der Waals surface area contributed by atoms with Crippen molar-refractivity contribution in [3.05, 3.63) is 194 Å². The largest absolute Gasteiger partial charge is 0.309 e. The molecule has 0 amide bonds. The summed E-state index contributed by atoms with van der Waals surface area (Å²) in [6, 6.07) is 69.0. The summed E-state index contributed by atoms with van der Waals surface area (Å²) >= 11 is 0. The highest BCUT2D eigenvalue weighted by atomic mass is 15.0. The van der Waals surface area contributed by atoms with Crippen molar-refractivity contribution >= 4 is 54.6 Å². The quantitative estimate of drug-likeness (QED) is 0.180. The van der Waals surface area contributed by atoms with Gasteiger partial charge in [0.25, 0.3) is 0 Å². The molecule has 0 saturated carbocycles. The Bertz CT molecular complexity index is 3190. The lowest BCUT2D eigenvalue weighted by molar-refractivity contribution is 1.17. The van der Waals surface area contributed by atoms with Gasteiger partial charge in [-0.15, -0.1) is 0 Å². The summed E-state index contributed by atoms with van der Waals surface area (Å²) in [5, 5.41) is 4.89. The van der Waals surface area contributed by atoms with Gasteiger partial charge in [0.1, 0.15) is 0 Å². The predicted molar refractivity (Wildman–Crippen MR) is 225 cm³/mol. The van der Waals surface area contributed by atoms with Gasteiger partial charge in [-0.3, -0.25) is 0 Å². The standard InChI is InChI=1S/C50H32N4/c1-3-14-33(15-4-1)34-26-28-35(29-27-34)49-50(52-44-23-10-9-22-43(44)51-49)36-16-13-19-38(30-36)54-46-25-12-8-21-40(46)42-31-47-41(32-48(42)54)39-20-7-11-24-45(39)53(47)37-17-5-2-6-18-37/h1-32H. The summed E-state index contributed by atoms with van der Waals surface area (Å²) in [4.78, 5) is 10.5. The number of hydrogen-bond donors (Lipinski definition) is 0. The van der Waals surface area contributed by atoms with Gasteiger partial charge >= 0.3 is 0 Å². The molecule has 54 heavy (non-hydrogen) atoms. The molecule has 4 heteroatoms. The molecule has 0 radical (unpaired) electrons. The van der Waals surface area contributed by atoms with Crippen LogP contribution >= 0.6 is 0 Å². The normalized spacial score (nSPS) is 11.7. The summed E-state index contributed by atoms with van der Waals surface area (Å²) in [6.07, 6.45) is 0. The fourth-order valence-corrected chi connectivity index (χ4v) is 8.21. The highest BCUT2D eigenvalue weighted by molar-refractivity contribution is 6.19. The molecule has 0 spiro atoms. The molecule has 0 fully saturated rings. The van der Waals surface area contributed by atoms with Crippen LogP contribution in [0, 0.1) is 0 Å². The number of hydrogen-bond acceptors (Lipinski definition) is 2. The molecule has 252 valence electrons. The van der Waals surface area contributed by atoms with Gasteiger partial charge < -0.3 is 9.13 Å². The maximum absolute atomic E-state index is 5.28. The number of aromatic nitrogens is 4. The van der Waals surface area contributed by atoms with E-state index in [1.54, 1.807) is 0 Å². The number of benzene rings is 8. The third-order valence-electron chi connectivity index (χ3n) is 10.7. The molecule has 0 aliphatic heterocycles. The molecule has 3 heterocycles. The Balaban J connectivity index is 1.13. The molecule has 0 aliphatic rings. The molecular formula is C50H32N4. The molecule has 8 aromatic carbocycles. The van der Waals surface area contributed by atoms with Crippen LogP contribution in [0.1, 0.15) is 0 Å². The summed E-state index contributed by atoms with van der Waals surface area (Å²) in [5.41, 5.74) is 14.8. The highest BCUT2D eigenvalue weighted by Crippen LogP contribution is 2.40. The Morgan fingerprint density at radius 2 is 0.722 bits per heavy atom. The first-order valence-electron chi connectivity index (χ1n) is 18.3. The summed E-state index contributed by atoms with van der Waals surface area (Å²) < 4.78 is 4.80. The number of para-hydroxylation sites is 5. The zero-order valence-electron chi connectivity index (χ0n) is 29.3. The summed E-state index contributed by atoms with van der Waals surface area (Å²) in [7, 11) is 0. The lowest BCUT2D eigenvalue weighted by Crippen LogP contribution is -1.98. The van der Waals surface area contributed by atoms with Crippen molar-refractivity contribution in [2.45, 2.75) is 0 Å². The van der Waals surface area contributed by atoms with Crippen LogP contribution in [0.5, 0.6) is 0 Å². The molecule has 11 rings (SSSR count). The van der Waals surface area contributed by atoms with Crippen molar-refractivity contribution in [2.24, 2.45) is 0 Å². The first-order valence-corrected chi connectivity index (χ1v) is 18.3. The van der Waals surface area contributed by atoms with Crippen molar-refractivity contribution in [3.63, 3.8) is 0 Å². The van der Waals surface area contributed by atoms with E-state index in [1.165, 1.54) is 43.7 Å². The van der Waals surface area contributed by atoms with E-state index in [0.717, 1.165) is 56.0 Å². The van der Waals surface area contributed by atoms with Crippen molar-refractivity contribution in [1.29, 1.82) is 0 Å². The second-order valence-corrected chi connectivity index (χ2v) is 13.8. The number of fused-ring (bicyclic) bond motifs is 7. The van der Waals surface area contributed by atoms with E-state index in [-0.39, 0.29) is 0 Å². The fraction of sp³-hybridized carbons (Fsp3) is 0. The summed E-state index contributed by atoms with van der Waals surface area (Å²) in [6.45, 7) is 0. The smallest absolute Gasteiger partial charge is 0.0973 e. The van der Waals surface area contributed by atoms with Gasteiger partial charge in [-0.25, -0.2) is 9.97 Å². The Hall–Kier alpha value is -7.30. The monoisotopic (exact) mass is 688 g/mol. The third kappa shape index (κ3) is 4.78. The van der Waals surface area contributed by atoms with Gasteiger partial charge in [-0.05, 0) is 71.8 Å². The predicted octanol–water partition coefficient (Wildman–Crippen LogP) is 12.8. The number of nitrogens with zero attached hydrogens (tertiary/aromatic N) is 4. The fourth-order valence-electron chi connectivity index (χ4n) is 8.21. The molecule has 0 bridgehead atoms. The summed E-state index contributed by atoms with van der Waals surface area (Å²) in [5.74, 6) is 0. The van der Waals surface area contributed by atoms with E-state index < -0.39 is 0 Å². The zero-order chi connectivity index (χ0) is 35.6. The molecule has 0 unspecified atom stereocenters. The van der Waals surface area contributed by atoms with E-state index in [9.17, 15) is 0 Å². The first kappa shape index (κ1) is 30.3. The minimum Gasteiger partial charge on any atom is -0.309 e. The van der Waals surface area contributed by atoms with Crippen molar-refractivity contribution in [1.82, 2.24) is 19.1 Å². The van der Waals surface area contributed by atoms with Gasteiger partial charge in [0.2, 0.25) is 0 Å². The topological polar surface area (TPSA) is 35.6 Å². The average Bonchev–Trinajstić information content (AvgIpc) is 3.75. The zero-order valence-corrected chi connectivity index (χ0v) is 29.3. The van der Waals surface area contributed by atoms with Gasteiger partial charge in [0.15, 0.2) is 0 Å². The molecule has 4 nitrogen and oxygen atoms in total. The molecule has 0 atom stereocenters. The molecule has 0 aliphatic carbocycles. The van der Waals surface area contributed by atoms with Gasteiger partial charge in [0.05, 0.1) is 44.5 Å². The van der Waals surface area contributed by atoms with Gasteiger partial charge in [-0.1, -0.05) is 133 Å². The molecule has 3 aromatic heterocycles. The van der Waals surface area contributed by atoms with Crippen molar-refractivity contribution in [2.75, 3.05) is 0 Å². The second-order valence-electron chi connectivity index (χ2n) is 13.8. The Labute approximate surface area is 311 Å². The van der Waals surface area contributed by atoms with Crippen molar-refractivity contribution < 1.29 is 0 Å². The maximum Gasteiger partial charge on any atom is 0.0973 e. The Morgan fingerprint density at radius 3 is 1.35 bits per heavy atom. The number of rotatable bonds is 5. The van der Waals surface area contributed by atoms with Crippen LogP contribution in [-0.2, 0) is 0 Å². The third-order valence-corrected chi connectivity index (χ3v) is 10.7. The van der Waals surface area contributed by atoms with E-state index in [2.05, 4.69) is 173 Å². The Kier molecular flexibility index (Phi) is 6.82. The molecular weight excluding hydrogens is 657 g/mol. The SMILES string of the molecule is c1ccc(-c2ccc(-c3nc4ccccc4nc3-c3cccc(-n4c5ccccc5c5cc6c(cc54)c4ccccc4n6-c4ccccc4)c3)cc2)cc1. The minimum atomic E-state index is 0.858. The van der Waals surface area contributed by atoms with Crippen LogP contribution in [-0.4, -0.2) is 19.1 Å². The second kappa shape index (κ2) is 12.1. The minimum absolute atomic E-state index is 0.858. The van der Waals surface area contributed by atoms with Crippen LogP contribution < -0.4 is 0 Å². The van der Waals surface area contributed by atoms with E-state index >= 15 is 0 Å². The lowest BCUT2D eigenvalue weighted by Gasteiger charge is -2.14. The van der Waals surface area contributed by atoms with Crippen LogP contribution in [0.25, 0.3) is 99.7 Å². The van der Waals surface area contributed by atoms with E-state index in [4.69, 9.17) is 9.97 Å². The van der Waals surface area contributed by atoms with Crippen LogP contribution in [0.2, 0.25) is 0 Å². The van der Waals surface area contributed by atoms with E-state index in [0.29, 0.717) is 0 Å². The van der Waals surface area contributed by atoms with Crippen LogP contribution in [0.15, 0.2) is 194 Å². The van der Waals surface area contributed by atoms with Gasteiger partial charge in [0, 0.05) is 44.0 Å². The first-order chi connectivity index (χ1) is 26.8. The van der Waals surface area contributed by atoms with Crippen LogP contribution in [0.3, 0.4) is 0 Å². The maximum atomic E-state index is 5.28. The van der Waals surface area contributed by atoms with Crippen LogP contribution in [0.4, 0.5) is 0 Å². The molecule has 0 N–H and O–H groups in total. The molecule has 11 aromatic rings.